The van der Waals surface area contributed by atoms with E-state index in [0.717, 1.165) is 11.1 Å². The Morgan fingerprint density at radius 1 is 1.20 bits per heavy atom. The van der Waals surface area contributed by atoms with Gasteiger partial charge in [-0.15, -0.1) is 0 Å². The predicted molar refractivity (Wildman–Crippen MR) is 76.4 cm³/mol. The SMILES string of the molecule is CNCCc1cc(F)c(F)c(-c2cc(C)cc(N)n2)c1. The molecule has 0 fully saturated rings. The Bertz CT molecular complexity index is 607. The molecule has 5 heteroatoms. The van der Waals surface area contributed by atoms with E-state index in [4.69, 9.17) is 5.73 Å². The lowest BCUT2D eigenvalue weighted by molar-refractivity contribution is 0.509. The third-order valence-corrected chi connectivity index (χ3v) is 3.02. The average Bonchev–Trinajstić information content (AvgIpc) is 2.38. The molecular weight excluding hydrogens is 260 g/mol. The molecule has 0 bridgehead atoms. The molecule has 0 spiro atoms. The summed E-state index contributed by atoms with van der Waals surface area (Å²) >= 11 is 0. The third kappa shape index (κ3) is 3.11. The predicted octanol–water partition coefficient (Wildman–Crippen LogP) is 2.68. The second-order valence-electron chi connectivity index (χ2n) is 4.75. The number of nitrogens with one attached hydrogen (secondary N) is 1. The highest BCUT2D eigenvalue weighted by Crippen LogP contribution is 2.26. The summed E-state index contributed by atoms with van der Waals surface area (Å²) < 4.78 is 27.7. The molecule has 0 atom stereocenters. The first-order valence-electron chi connectivity index (χ1n) is 6.38. The number of nitrogens with two attached hydrogens (primary N) is 1. The van der Waals surface area contributed by atoms with E-state index in [-0.39, 0.29) is 5.56 Å². The molecule has 1 aromatic carbocycles. The number of hydrogen-bond acceptors (Lipinski definition) is 3. The minimum atomic E-state index is -0.893. The third-order valence-electron chi connectivity index (χ3n) is 3.02. The van der Waals surface area contributed by atoms with Crippen LogP contribution in [0, 0.1) is 18.6 Å². The summed E-state index contributed by atoms with van der Waals surface area (Å²) in [6.45, 7) is 2.52. The molecule has 2 aromatic rings. The minimum absolute atomic E-state index is 0.145. The van der Waals surface area contributed by atoms with Gasteiger partial charge in [0.05, 0.1) is 5.69 Å². The van der Waals surface area contributed by atoms with Gasteiger partial charge in [0.2, 0.25) is 0 Å². The van der Waals surface area contributed by atoms with Gasteiger partial charge in [-0.3, -0.25) is 0 Å². The number of aromatic nitrogens is 1. The largest absolute Gasteiger partial charge is 0.384 e. The van der Waals surface area contributed by atoms with Gasteiger partial charge >= 0.3 is 0 Å². The zero-order valence-corrected chi connectivity index (χ0v) is 11.5. The number of anilines is 1. The molecule has 3 N–H and O–H groups in total. The number of benzene rings is 1. The Kier molecular flexibility index (Phi) is 4.29. The van der Waals surface area contributed by atoms with Crippen molar-refractivity contribution in [2.75, 3.05) is 19.3 Å². The fraction of sp³-hybridized carbons (Fsp3) is 0.267. The van der Waals surface area contributed by atoms with Crippen molar-refractivity contribution in [2.45, 2.75) is 13.3 Å². The zero-order chi connectivity index (χ0) is 14.7. The molecular formula is C15H17F2N3. The first kappa shape index (κ1) is 14.4. The number of pyridine rings is 1. The summed E-state index contributed by atoms with van der Waals surface area (Å²) in [7, 11) is 1.81. The monoisotopic (exact) mass is 277 g/mol. The van der Waals surface area contributed by atoms with Gasteiger partial charge in [0.1, 0.15) is 5.82 Å². The van der Waals surface area contributed by atoms with E-state index in [9.17, 15) is 8.78 Å². The molecule has 0 unspecified atom stereocenters. The zero-order valence-electron chi connectivity index (χ0n) is 11.5. The minimum Gasteiger partial charge on any atom is -0.384 e. The Morgan fingerprint density at radius 2 is 1.95 bits per heavy atom. The lowest BCUT2D eigenvalue weighted by atomic mass is 10.0. The van der Waals surface area contributed by atoms with E-state index in [2.05, 4.69) is 10.3 Å². The number of aryl methyl sites for hydroxylation is 1. The first-order valence-corrected chi connectivity index (χ1v) is 6.38. The molecule has 0 radical (unpaired) electrons. The summed E-state index contributed by atoms with van der Waals surface area (Å²) in [5.41, 5.74) is 7.74. The van der Waals surface area contributed by atoms with Crippen LogP contribution in [-0.4, -0.2) is 18.6 Å². The van der Waals surface area contributed by atoms with Crippen molar-refractivity contribution in [3.05, 3.63) is 47.0 Å². The smallest absolute Gasteiger partial charge is 0.168 e. The van der Waals surface area contributed by atoms with Crippen LogP contribution in [-0.2, 0) is 6.42 Å². The van der Waals surface area contributed by atoms with Crippen LogP contribution in [0.5, 0.6) is 0 Å². The van der Waals surface area contributed by atoms with E-state index >= 15 is 0 Å². The highest BCUT2D eigenvalue weighted by Gasteiger charge is 2.14. The van der Waals surface area contributed by atoms with E-state index in [1.165, 1.54) is 6.07 Å². The number of nitrogens with zero attached hydrogens (tertiary/aromatic N) is 1. The fourth-order valence-electron chi connectivity index (χ4n) is 2.08. The van der Waals surface area contributed by atoms with Gasteiger partial charge in [0, 0.05) is 5.56 Å². The van der Waals surface area contributed by atoms with Crippen LogP contribution < -0.4 is 11.1 Å². The standard InChI is InChI=1S/C15H17F2N3/c1-9-5-13(20-14(18)6-9)11-7-10(3-4-19-2)8-12(16)15(11)17/h5-8,19H,3-4H2,1-2H3,(H2,18,20). The maximum Gasteiger partial charge on any atom is 0.168 e. The van der Waals surface area contributed by atoms with Crippen molar-refractivity contribution in [3.8, 4) is 11.3 Å². The Hall–Kier alpha value is -2.01. The molecule has 3 nitrogen and oxygen atoms in total. The Labute approximate surface area is 116 Å². The summed E-state index contributed by atoms with van der Waals surface area (Å²) in [6.07, 6.45) is 0.613. The van der Waals surface area contributed by atoms with Crippen LogP contribution in [0.2, 0.25) is 0 Å². The first-order chi connectivity index (χ1) is 9.51. The molecule has 0 amide bonds. The number of likely N-dealkylation sites (N-methyl/N-ethyl adjacent to an activating group) is 1. The van der Waals surface area contributed by atoms with Crippen molar-refractivity contribution >= 4 is 5.82 Å². The van der Waals surface area contributed by atoms with Crippen LogP contribution in [0.25, 0.3) is 11.3 Å². The molecule has 20 heavy (non-hydrogen) atoms. The lowest BCUT2D eigenvalue weighted by Crippen LogP contribution is -2.11. The lowest BCUT2D eigenvalue weighted by Gasteiger charge is -2.09. The molecule has 0 aliphatic carbocycles. The quantitative estimate of drug-likeness (QED) is 0.903. The van der Waals surface area contributed by atoms with E-state index in [0.29, 0.717) is 24.5 Å². The van der Waals surface area contributed by atoms with Crippen molar-refractivity contribution in [1.82, 2.24) is 10.3 Å². The maximum absolute atomic E-state index is 14.0. The molecule has 1 heterocycles. The van der Waals surface area contributed by atoms with Gasteiger partial charge in [0.15, 0.2) is 11.6 Å². The van der Waals surface area contributed by atoms with Gasteiger partial charge in [-0.1, -0.05) is 0 Å². The van der Waals surface area contributed by atoms with Gasteiger partial charge < -0.3 is 11.1 Å². The van der Waals surface area contributed by atoms with Crippen LogP contribution in [0.4, 0.5) is 14.6 Å². The van der Waals surface area contributed by atoms with Crippen LogP contribution in [0.1, 0.15) is 11.1 Å². The van der Waals surface area contributed by atoms with Gasteiger partial charge in [0.25, 0.3) is 0 Å². The summed E-state index contributed by atoms with van der Waals surface area (Å²) in [5, 5.41) is 2.98. The van der Waals surface area contributed by atoms with Gasteiger partial charge in [-0.05, 0) is 62.3 Å². The normalized spacial score (nSPS) is 10.8. The Morgan fingerprint density at radius 3 is 2.60 bits per heavy atom. The average molecular weight is 277 g/mol. The van der Waals surface area contributed by atoms with E-state index in [1.807, 2.05) is 14.0 Å². The molecule has 0 aliphatic heterocycles. The second kappa shape index (κ2) is 5.96. The van der Waals surface area contributed by atoms with E-state index in [1.54, 1.807) is 18.2 Å². The molecule has 106 valence electrons. The molecule has 1 aromatic heterocycles. The van der Waals surface area contributed by atoms with Crippen molar-refractivity contribution < 1.29 is 8.78 Å². The van der Waals surface area contributed by atoms with Gasteiger partial charge in [-0.2, -0.15) is 0 Å². The summed E-state index contributed by atoms with van der Waals surface area (Å²) in [5.74, 6) is -1.47. The maximum atomic E-state index is 14.0. The molecule has 0 aliphatic rings. The van der Waals surface area contributed by atoms with Gasteiger partial charge in [-0.25, -0.2) is 13.8 Å². The summed E-state index contributed by atoms with van der Waals surface area (Å²) in [6, 6.07) is 6.21. The van der Waals surface area contributed by atoms with Crippen LogP contribution in [0.15, 0.2) is 24.3 Å². The van der Waals surface area contributed by atoms with Crippen molar-refractivity contribution in [1.29, 1.82) is 0 Å². The number of halogens is 2. The highest BCUT2D eigenvalue weighted by molar-refractivity contribution is 5.64. The second-order valence-corrected chi connectivity index (χ2v) is 4.75. The van der Waals surface area contributed by atoms with E-state index < -0.39 is 11.6 Å². The van der Waals surface area contributed by atoms with Crippen LogP contribution >= 0.6 is 0 Å². The topological polar surface area (TPSA) is 50.9 Å². The number of hydrogen-bond donors (Lipinski definition) is 2. The molecule has 0 saturated heterocycles. The molecule has 2 rings (SSSR count). The highest BCUT2D eigenvalue weighted by atomic mass is 19.2. The molecule has 0 saturated carbocycles. The number of rotatable bonds is 4. The number of nitrogen functional groups attached to an aromatic ring is 1. The fourth-order valence-corrected chi connectivity index (χ4v) is 2.08. The van der Waals surface area contributed by atoms with Crippen LogP contribution in [0.3, 0.4) is 0 Å². The van der Waals surface area contributed by atoms with Crippen molar-refractivity contribution in [3.63, 3.8) is 0 Å². The summed E-state index contributed by atoms with van der Waals surface area (Å²) in [4.78, 5) is 4.08. The Balaban J connectivity index is 2.51. The van der Waals surface area contributed by atoms with Crippen molar-refractivity contribution in [2.24, 2.45) is 0 Å².